The number of oxazole rings is 1. The third kappa shape index (κ3) is 5.94. The summed E-state index contributed by atoms with van der Waals surface area (Å²) in [6.07, 6.45) is -4.56. The Bertz CT molecular complexity index is 1370. The third-order valence-corrected chi connectivity index (χ3v) is 5.10. The Hall–Kier alpha value is -4.40. The molecule has 0 atom stereocenters. The molecule has 1 heterocycles. The van der Waals surface area contributed by atoms with Crippen LogP contribution in [0.2, 0.25) is 0 Å². The number of alkyl halides is 3. The summed E-state index contributed by atoms with van der Waals surface area (Å²) in [7, 11) is 0. The molecular formula is C26H20F3N3O3. The molecule has 0 bridgehead atoms. The summed E-state index contributed by atoms with van der Waals surface area (Å²) in [5.41, 5.74) is 0.951. The van der Waals surface area contributed by atoms with Crippen molar-refractivity contribution in [3.63, 3.8) is 0 Å². The molecule has 0 aliphatic carbocycles. The first-order chi connectivity index (χ1) is 16.7. The van der Waals surface area contributed by atoms with Gasteiger partial charge in [-0.25, -0.2) is 4.98 Å². The highest BCUT2D eigenvalue weighted by molar-refractivity contribution is 6.05. The summed E-state index contributed by atoms with van der Waals surface area (Å²) in [5, 5.41) is 5.15. The zero-order valence-electron chi connectivity index (χ0n) is 18.5. The van der Waals surface area contributed by atoms with Crippen molar-refractivity contribution in [2.75, 3.05) is 10.6 Å². The second kappa shape index (κ2) is 9.84. The molecule has 0 saturated carbocycles. The lowest BCUT2D eigenvalue weighted by atomic mass is 10.1. The molecule has 0 fully saturated rings. The molecule has 35 heavy (non-hydrogen) atoms. The minimum atomic E-state index is -4.52. The second-order valence-corrected chi connectivity index (χ2v) is 7.73. The van der Waals surface area contributed by atoms with Crippen molar-refractivity contribution >= 4 is 23.2 Å². The molecular weight excluding hydrogens is 459 g/mol. The number of halogens is 3. The number of carbonyl (C=O) groups is 2. The van der Waals surface area contributed by atoms with Crippen LogP contribution in [0.25, 0.3) is 11.5 Å². The van der Waals surface area contributed by atoms with Crippen molar-refractivity contribution in [3.05, 3.63) is 101 Å². The van der Waals surface area contributed by atoms with E-state index in [9.17, 15) is 22.8 Å². The van der Waals surface area contributed by atoms with Crippen LogP contribution < -0.4 is 10.6 Å². The van der Waals surface area contributed by atoms with Gasteiger partial charge in [-0.3, -0.25) is 9.59 Å². The summed E-state index contributed by atoms with van der Waals surface area (Å²) in [6, 6.07) is 19.7. The molecule has 1 aromatic heterocycles. The molecule has 0 radical (unpaired) electrons. The van der Waals surface area contributed by atoms with Crippen LogP contribution in [0, 0.1) is 6.92 Å². The Morgan fingerprint density at radius 2 is 1.57 bits per heavy atom. The molecule has 178 valence electrons. The van der Waals surface area contributed by atoms with Crippen LogP contribution in [0.5, 0.6) is 0 Å². The number of amides is 2. The Morgan fingerprint density at radius 3 is 2.29 bits per heavy atom. The molecule has 2 N–H and O–H groups in total. The third-order valence-electron chi connectivity index (χ3n) is 5.10. The van der Waals surface area contributed by atoms with Crippen LogP contribution in [0.4, 0.5) is 24.5 Å². The monoisotopic (exact) mass is 479 g/mol. The average Bonchev–Trinajstić information content (AvgIpc) is 3.19. The standard InChI is InChI=1S/C26H20F3N3O3/c1-16-22(32-25(35-16)17-7-3-2-4-8-17)15-23(33)30-20-11-5-9-18(13-20)24(34)31-21-12-6-10-19(14-21)26(27,28)29/h2-14H,15H2,1H3,(H,30,33)(H,31,34). The van der Waals surface area contributed by atoms with Gasteiger partial charge in [-0.15, -0.1) is 0 Å². The highest BCUT2D eigenvalue weighted by Gasteiger charge is 2.30. The van der Waals surface area contributed by atoms with Gasteiger partial charge in [0.15, 0.2) is 0 Å². The minimum Gasteiger partial charge on any atom is -0.441 e. The second-order valence-electron chi connectivity index (χ2n) is 7.73. The van der Waals surface area contributed by atoms with E-state index in [0.29, 0.717) is 23.0 Å². The number of anilines is 2. The van der Waals surface area contributed by atoms with Crippen LogP contribution in [-0.4, -0.2) is 16.8 Å². The van der Waals surface area contributed by atoms with Gasteiger partial charge < -0.3 is 15.1 Å². The maximum absolute atomic E-state index is 12.9. The Balaban J connectivity index is 1.42. The highest BCUT2D eigenvalue weighted by atomic mass is 19.4. The number of rotatable bonds is 6. The quantitative estimate of drug-likeness (QED) is 0.350. The van der Waals surface area contributed by atoms with Crippen LogP contribution in [0.3, 0.4) is 0 Å². The Labute approximate surface area is 198 Å². The van der Waals surface area contributed by atoms with Crippen molar-refractivity contribution in [1.29, 1.82) is 0 Å². The molecule has 2 amide bonds. The predicted octanol–water partition coefficient (Wildman–Crippen LogP) is 6.10. The van der Waals surface area contributed by atoms with Gasteiger partial charge in [0.25, 0.3) is 5.91 Å². The fraction of sp³-hybridized carbons (Fsp3) is 0.115. The van der Waals surface area contributed by atoms with Gasteiger partial charge in [-0.1, -0.05) is 30.3 Å². The first-order valence-corrected chi connectivity index (χ1v) is 10.6. The number of hydrogen-bond acceptors (Lipinski definition) is 4. The maximum Gasteiger partial charge on any atom is 0.416 e. The van der Waals surface area contributed by atoms with Gasteiger partial charge in [-0.05, 0) is 55.5 Å². The van der Waals surface area contributed by atoms with Crippen LogP contribution >= 0.6 is 0 Å². The van der Waals surface area contributed by atoms with E-state index in [-0.39, 0.29) is 23.6 Å². The van der Waals surface area contributed by atoms with Crippen molar-refractivity contribution in [2.45, 2.75) is 19.5 Å². The molecule has 0 saturated heterocycles. The molecule has 6 nitrogen and oxygen atoms in total. The molecule has 0 aliphatic rings. The van der Waals surface area contributed by atoms with E-state index in [1.807, 2.05) is 30.3 Å². The topological polar surface area (TPSA) is 84.2 Å². The Morgan fingerprint density at radius 1 is 0.886 bits per heavy atom. The van der Waals surface area contributed by atoms with Crippen molar-refractivity contribution < 1.29 is 27.2 Å². The van der Waals surface area contributed by atoms with Gasteiger partial charge in [0.1, 0.15) is 5.76 Å². The van der Waals surface area contributed by atoms with Gasteiger partial charge in [0.2, 0.25) is 11.8 Å². The fourth-order valence-electron chi connectivity index (χ4n) is 3.37. The Kier molecular flexibility index (Phi) is 6.68. The smallest absolute Gasteiger partial charge is 0.416 e. The molecule has 4 rings (SSSR count). The average molecular weight is 479 g/mol. The first kappa shape index (κ1) is 23.7. The van der Waals surface area contributed by atoms with E-state index in [0.717, 1.165) is 17.7 Å². The van der Waals surface area contributed by atoms with Crippen molar-refractivity contribution in [1.82, 2.24) is 4.98 Å². The van der Waals surface area contributed by atoms with Gasteiger partial charge >= 0.3 is 6.18 Å². The van der Waals surface area contributed by atoms with Crippen LogP contribution in [0.15, 0.2) is 83.3 Å². The number of benzene rings is 3. The number of aromatic nitrogens is 1. The lowest BCUT2D eigenvalue weighted by Crippen LogP contribution is -2.17. The first-order valence-electron chi connectivity index (χ1n) is 10.6. The van der Waals surface area contributed by atoms with E-state index in [1.165, 1.54) is 24.3 Å². The van der Waals surface area contributed by atoms with Crippen LogP contribution in [-0.2, 0) is 17.4 Å². The zero-order valence-corrected chi connectivity index (χ0v) is 18.5. The van der Waals surface area contributed by atoms with Crippen LogP contribution in [0.1, 0.15) is 27.4 Å². The molecule has 3 aromatic carbocycles. The lowest BCUT2D eigenvalue weighted by molar-refractivity contribution is -0.137. The van der Waals surface area contributed by atoms with Gasteiger partial charge in [0.05, 0.1) is 17.7 Å². The van der Waals surface area contributed by atoms with Gasteiger partial charge in [-0.2, -0.15) is 13.2 Å². The summed E-state index contributed by atoms with van der Waals surface area (Å²) in [4.78, 5) is 29.5. The normalized spacial score (nSPS) is 11.2. The van der Waals surface area contributed by atoms with Gasteiger partial charge in [0, 0.05) is 22.5 Å². The molecule has 9 heteroatoms. The number of nitrogens with one attached hydrogen (secondary N) is 2. The van der Waals surface area contributed by atoms with Crippen molar-refractivity contribution in [2.24, 2.45) is 0 Å². The molecule has 0 unspecified atom stereocenters. The van der Waals surface area contributed by atoms with Crippen molar-refractivity contribution in [3.8, 4) is 11.5 Å². The maximum atomic E-state index is 12.9. The number of aryl methyl sites for hydroxylation is 1. The zero-order chi connectivity index (χ0) is 25.0. The lowest BCUT2D eigenvalue weighted by Gasteiger charge is -2.11. The summed E-state index contributed by atoms with van der Waals surface area (Å²) < 4.78 is 44.4. The number of nitrogens with zero attached hydrogens (tertiary/aromatic N) is 1. The SMILES string of the molecule is Cc1oc(-c2ccccc2)nc1CC(=O)Nc1cccc(C(=O)Nc2cccc(C(F)(F)F)c2)c1. The number of hydrogen-bond donors (Lipinski definition) is 2. The van der Waals surface area contributed by atoms with E-state index >= 15 is 0 Å². The largest absolute Gasteiger partial charge is 0.441 e. The molecule has 4 aromatic rings. The van der Waals surface area contributed by atoms with E-state index < -0.39 is 17.6 Å². The predicted molar refractivity (Wildman–Crippen MR) is 125 cm³/mol. The van der Waals surface area contributed by atoms with E-state index in [2.05, 4.69) is 15.6 Å². The molecule has 0 spiro atoms. The fourth-order valence-corrected chi connectivity index (χ4v) is 3.37. The summed E-state index contributed by atoms with van der Waals surface area (Å²) in [5.74, 6) is -0.0379. The van der Waals surface area contributed by atoms with E-state index in [1.54, 1.807) is 19.1 Å². The minimum absolute atomic E-state index is 0.00925. The highest BCUT2D eigenvalue weighted by Crippen LogP contribution is 2.30. The number of carbonyl (C=O) groups excluding carboxylic acids is 2. The van der Waals surface area contributed by atoms with E-state index in [4.69, 9.17) is 4.42 Å². The molecule has 0 aliphatic heterocycles. The summed E-state index contributed by atoms with van der Waals surface area (Å²) in [6.45, 7) is 1.72. The summed E-state index contributed by atoms with van der Waals surface area (Å²) >= 11 is 0.